The summed E-state index contributed by atoms with van der Waals surface area (Å²) >= 11 is 0. The van der Waals surface area contributed by atoms with Crippen LogP contribution in [0.5, 0.6) is 0 Å². The zero-order valence-electron chi connectivity index (χ0n) is 18.3. The predicted octanol–water partition coefficient (Wildman–Crippen LogP) is 3.75. The number of carbonyl (C=O) groups is 2. The topological polar surface area (TPSA) is 64.7 Å². The van der Waals surface area contributed by atoms with Crippen LogP contribution in [0.1, 0.15) is 46.4 Å². The van der Waals surface area contributed by atoms with Crippen molar-refractivity contribution < 1.29 is 14.0 Å². The number of rotatable bonds is 8. The van der Waals surface area contributed by atoms with Gasteiger partial charge in [0.2, 0.25) is 0 Å². The van der Waals surface area contributed by atoms with Gasteiger partial charge < -0.3 is 20.4 Å². The average Bonchev–Trinajstić information content (AvgIpc) is 2.77. The van der Waals surface area contributed by atoms with Crippen molar-refractivity contribution >= 4 is 23.2 Å². The Morgan fingerprint density at radius 3 is 2.39 bits per heavy atom. The second kappa shape index (κ2) is 10.9. The minimum Gasteiger partial charge on any atom is -0.371 e. The number of piperidine rings is 1. The lowest BCUT2D eigenvalue weighted by Crippen LogP contribution is -2.33. The molecule has 0 atom stereocenters. The van der Waals surface area contributed by atoms with E-state index in [9.17, 15) is 14.0 Å². The molecule has 6 nitrogen and oxygen atoms in total. The third-order valence-corrected chi connectivity index (χ3v) is 5.37. The van der Waals surface area contributed by atoms with Crippen LogP contribution in [0.2, 0.25) is 0 Å². The highest BCUT2D eigenvalue weighted by atomic mass is 19.1. The van der Waals surface area contributed by atoms with Gasteiger partial charge in [0, 0.05) is 36.6 Å². The summed E-state index contributed by atoms with van der Waals surface area (Å²) in [6.07, 6.45) is 4.27. The largest absolute Gasteiger partial charge is 0.371 e. The van der Waals surface area contributed by atoms with Gasteiger partial charge in [0.1, 0.15) is 5.82 Å². The number of nitrogens with zero attached hydrogens (tertiary/aromatic N) is 2. The molecule has 1 fully saturated rings. The highest BCUT2D eigenvalue weighted by Crippen LogP contribution is 2.27. The second-order valence-corrected chi connectivity index (χ2v) is 8.15. The first-order chi connectivity index (χ1) is 14.9. The Kier molecular flexibility index (Phi) is 8.00. The highest BCUT2D eigenvalue weighted by Gasteiger charge is 2.20. The van der Waals surface area contributed by atoms with Gasteiger partial charge in [0.25, 0.3) is 11.8 Å². The van der Waals surface area contributed by atoms with Crippen LogP contribution in [0, 0.1) is 5.82 Å². The molecule has 2 amide bonds. The van der Waals surface area contributed by atoms with E-state index < -0.39 is 5.82 Å². The van der Waals surface area contributed by atoms with Crippen molar-refractivity contribution in [2.75, 3.05) is 50.5 Å². The maximum atomic E-state index is 13.1. The van der Waals surface area contributed by atoms with Crippen LogP contribution in [0.4, 0.5) is 15.8 Å². The molecule has 2 N–H and O–H groups in total. The number of hydrogen-bond acceptors (Lipinski definition) is 4. The van der Waals surface area contributed by atoms with Crippen LogP contribution >= 0.6 is 0 Å². The molecule has 0 aromatic heterocycles. The Morgan fingerprint density at radius 1 is 1.00 bits per heavy atom. The zero-order valence-corrected chi connectivity index (χ0v) is 18.3. The van der Waals surface area contributed by atoms with Gasteiger partial charge in [-0.15, -0.1) is 0 Å². The van der Waals surface area contributed by atoms with E-state index in [0.717, 1.165) is 44.6 Å². The first kappa shape index (κ1) is 22.7. The first-order valence-corrected chi connectivity index (χ1v) is 10.8. The molecule has 166 valence electrons. The monoisotopic (exact) mass is 426 g/mol. The maximum absolute atomic E-state index is 13.1. The van der Waals surface area contributed by atoms with Crippen molar-refractivity contribution in [3.05, 3.63) is 59.4 Å². The Labute approximate surface area is 183 Å². The first-order valence-electron chi connectivity index (χ1n) is 10.8. The van der Waals surface area contributed by atoms with Crippen LogP contribution < -0.4 is 15.5 Å². The van der Waals surface area contributed by atoms with Gasteiger partial charge in [-0.1, -0.05) is 0 Å². The van der Waals surface area contributed by atoms with Crippen molar-refractivity contribution in [1.29, 1.82) is 0 Å². The molecule has 31 heavy (non-hydrogen) atoms. The average molecular weight is 427 g/mol. The summed E-state index contributed by atoms with van der Waals surface area (Å²) in [5.41, 5.74) is 2.35. The fraction of sp³-hybridized carbons (Fsp3) is 0.417. The molecule has 1 aliphatic rings. The van der Waals surface area contributed by atoms with Gasteiger partial charge in [-0.05, 0) is 88.8 Å². The van der Waals surface area contributed by atoms with E-state index in [-0.39, 0.29) is 11.8 Å². The number of halogens is 1. The normalized spacial score (nSPS) is 13.9. The van der Waals surface area contributed by atoms with E-state index in [1.807, 2.05) is 26.2 Å². The molecule has 3 rings (SSSR count). The smallest absolute Gasteiger partial charge is 0.255 e. The summed E-state index contributed by atoms with van der Waals surface area (Å²) in [5, 5.41) is 5.82. The van der Waals surface area contributed by atoms with E-state index in [0.29, 0.717) is 23.4 Å². The number of carbonyl (C=O) groups excluding carboxylic acids is 2. The molecule has 0 aliphatic carbocycles. The minimum atomic E-state index is -0.393. The lowest BCUT2D eigenvalue weighted by molar-refractivity contribution is 0.0951. The van der Waals surface area contributed by atoms with Crippen molar-refractivity contribution in [3.8, 4) is 0 Å². The van der Waals surface area contributed by atoms with E-state index in [1.165, 1.54) is 30.7 Å². The molecule has 2 aromatic carbocycles. The third-order valence-electron chi connectivity index (χ3n) is 5.37. The molecule has 0 spiro atoms. The lowest BCUT2D eigenvalue weighted by atomic mass is 10.1. The zero-order chi connectivity index (χ0) is 22.2. The van der Waals surface area contributed by atoms with Gasteiger partial charge in [0.15, 0.2) is 0 Å². The summed E-state index contributed by atoms with van der Waals surface area (Å²) in [7, 11) is 4.01. The Morgan fingerprint density at radius 2 is 1.71 bits per heavy atom. The van der Waals surface area contributed by atoms with E-state index in [1.54, 1.807) is 6.07 Å². The van der Waals surface area contributed by atoms with Crippen molar-refractivity contribution in [2.45, 2.75) is 25.7 Å². The number of amides is 2. The van der Waals surface area contributed by atoms with Gasteiger partial charge in [-0.25, -0.2) is 4.39 Å². The minimum absolute atomic E-state index is 0.141. The van der Waals surface area contributed by atoms with Gasteiger partial charge in [-0.2, -0.15) is 0 Å². The highest BCUT2D eigenvalue weighted by molar-refractivity contribution is 6.06. The number of benzene rings is 2. The predicted molar refractivity (Wildman–Crippen MR) is 122 cm³/mol. The summed E-state index contributed by atoms with van der Waals surface area (Å²) in [6.45, 7) is 3.32. The molecule has 0 unspecified atom stereocenters. The molecule has 1 aliphatic heterocycles. The Bertz CT molecular complexity index is 893. The Balaban J connectivity index is 1.77. The van der Waals surface area contributed by atoms with E-state index >= 15 is 0 Å². The summed E-state index contributed by atoms with van der Waals surface area (Å²) in [4.78, 5) is 29.8. The van der Waals surface area contributed by atoms with Crippen molar-refractivity contribution in [1.82, 2.24) is 10.2 Å². The van der Waals surface area contributed by atoms with Crippen molar-refractivity contribution in [2.24, 2.45) is 0 Å². The fourth-order valence-corrected chi connectivity index (χ4v) is 3.70. The molecule has 0 saturated carbocycles. The summed E-state index contributed by atoms with van der Waals surface area (Å²) in [6, 6.07) is 10.8. The standard InChI is InChI=1S/C24H31FN4O2/c1-28(2)14-6-13-26-24(31)21-17-20(11-12-22(21)29-15-4-3-5-16-29)27-23(30)18-7-9-19(25)10-8-18/h7-12,17H,3-6,13-16H2,1-2H3,(H,26,31)(H,27,30). The van der Waals surface area contributed by atoms with Gasteiger partial charge in [0.05, 0.1) is 5.56 Å². The third kappa shape index (κ3) is 6.52. The quantitative estimate of drug-likeness (QED) is 0.631. The van der Waals surface area contributed by atoms with Crippen molar-refractivity contribution in [3.63, 3.8) is 0 Å². The Hall–Kier alpha value is -2.93. The second-order valence-electron chi connectivity index (χ2n) is 8.15. The van der Waals surface area contributed by atoms with Gasteiger partial charge >= 0.3 is 0 Å². The summed E-state index contributed by atoms with van der Waals surface area (Å²) < 4.78 is 13.1. The molecule has 1 saturated heterocycles. The van der Waals surface area contributed by atoms with Gasteiger partial charge in [-0.3, -0.25) is 9.59 Å². The molecule has 2 aromatic rings. The number of anilines is 2. The fourth-order valence-electron chi connectivity index (χ4n) is 3.70. The van der Waals surface area contributed by atoms with Crippen LogP contribution in [0.15, 0.2) is 42.5 Å². The number of hydrogen-bond donors (Lipinski definition) is 2. The lowest BCUT2D eigenvalue weighted by Gasteiger charge is -2.30. The van der Waals surface area contributed by atoms with E-state index in [4.69, 9.17) is 0 Å². The van der Waals surface area contributed by atoms with Crippen LogP contribution in [0.25, 0.3) is 0 Å². The molecule has 0 bridgehead atoms. The molecule has 1 heterocycles. The van der Waals surface area contributed by atoms with E-state index in [2.05, 4.69) is 20.4 Å². The van der Waals surface area contributed by atoms with Crippen LogP contribution in [-0.4, -0.2) is 57.0 Å². The maximum Gasteiger partial charge on any atom is 0.255 e. The van der Waals surface area contributed by atoms with Crippen LogP contribution in [0.3, 0.4) is 0 Å². The number of nitrogens with one attached hydrogen (secondary N) is 2. The summed E-state index contributed by atoms with van der Waals surface area (Å²) in [5.74, 6) is -0.879. The molecule has 0 radical (unpaired) electrons. The molecular formula is C24H31FN4O2. The molecule has 7 heteroatoms. The molecular weight excluding hydrogens is 395 g/mol. The van der Waals surface area contributed by atoms with Crippen LogP contribution in [-0.2, 0) is 0 Å². The SMILES string of the molecule is CN(C)CCCNC(=O)c1cc(NC(=O)c2ccc(F)cc2)ccc1N1CCCCC1.